The molecule has 2 aliphatic heterocycles. The Hall–Kier alpha value is -3.44. The highest BCUT2D eigenvalue weighted by atomic mass is 16.5. The van der Waals surface area contributed by atoms with E-state index in [2.05, 4.69) is 28.9 Å². The minimum absolute atomic E-state index is 0.0876. The maximum atomic E-state index is 13.1. The molecule has 0 N–H and O–H groups in total. The Labute approximate surface area is 175 Å². The number of rotatable bonds is 3. The van der Waals surface area contributed by atoms with E-state index in [1.54, 1.807) is 18.5 Å². The van der Waals surface area contributed by atoms with Gasteiger partial charge in [0.15, 0.2) is 5.76 Å². The van der Waals surface area contributed by atoms with Crippen molar-refractivity contribution in [2.75, 3.05) is 6.73 Å². The molecular weight excluding hydrogens is 376 g/mol. The number of carbonyl (C=O) groups excluding carboxylic acids is 1. The number of ketones is 1. The Kier molecular flexibility index (Phi) is 4.60. The van der Waals surface area contributed by atoms with Gasteiger partial charge in [-0.25, -0.2) is 0 Å². The van der Waals surface area contributed by atoms with Crippen molar-refractivity contribution in [1.29, 1.82) is 0 Å². The van der Waals surface area contributed by atoms with Gasteiger partial charge in [-0.2, -0.15) is 0 Å². The molecule has 1 unspecified atom stereocenters. The standard InChI is InChI=1S/C25H22N2O3/c1-16-12-21-20(14-27(15-29-21)17(2)19-6-4-3-5-7-19)25-23(16)24(28)22(30-25)13-18-8-10-26-11-9-18/h3-13,17H,14-15H2,1-2H3/b22-13-. The Morgan fingerprint density at radius 3 is 2.67 bits per heavy atom. The quantitative estimate of drug-likeness (QED) is 0.586. The summed E-state index contributed by atoms with van der Waals surface area (Å²) in [6.45, 7) is 5.25. The van der Waals surface area contributed by atoms with Crippen LogP contribution < -0.4 is 9.47 Å². The molecule has 0 saturated heterocycles. The molecule has 0 saturated carbocycles. The Morgan fingerprint density at radius 2 is 1.90 bits per heavy atom. The van der Waals surface area contributed by atoms with Gasteiger partial charge in [-0.05, 0) is 54.8 Å². The average molecular weight is 398 g/mol. The van der Waals surface area contributed by atoms with Crippen LogP contribution in [-0.2, 0) is 6.54 Å². The summed E-state index contributed by atoms with van der Waals surface area (Å²) in [6.07, 6.45) is 5.16. The van der Waals surface area contributed by atoms with Crippen LogP contribution in [0.25, 0.3) is 6.08 Å². The van der Waals surface area contributed by atoms with E-state index in [1.165, 1.54) is 5.56 Å². The second kappa shape index (κ2) is 7.43. The average Bonchev–Trinajstić information content (AvgIpc) is 3.11. The monoisotopic (exact) mass is 398 g/mol. The fourth-order valence-electron chi connectivity index (χ4n) is 4.05. The highest BCUT2D eigenvalue weighted by molar-refractivity contribution is 6.15. The predicted molar refractivity (Wildman–Crippen MR) is 114 cm³/mol. The van der Waals surface area contributed by atoms with E-state index in [0.717, 1.165) is 22.4 Å². The Bertz CT molecular complexity index is 1140. The molecule has 2 aliphatic rings. The molecule has 0 amide bonds. The lowest BCUT2D eigenvalue weighted by Gasteiger charge is -2.34. The first-order valence-electron chi connectivity index (χ1n) is 10.0. The Morgan fingerprint density at radius 1 is 1.13 bits per heavy atom. The van der Waals surface area contributed by atoms with Gasteiger partial charge in [0.1, 0.15) is 18.2 Å². The lowest BCUT2D eigenvalue weighted by atomic mass is 9.98. The molecule has 3 aromatic rings. The highest BCUT2D eigenvalue weighted by Crippen LogP contribution is 2.45. The van der Waals surface area contributed by atoms with Gasteiger partial charge in [-0.3, -0.25) is 14.7 Å². The van der Waals surface area contributed by atoms with Crippen molar-refractivity contribution in [3.05, 3.63) is 94.5 Å². The summed E-state index contributed by atoms with van der Waals surface area (Å²) in [5.74, 6) is 1.66. The number of aryl methyl sites for hydroxylation is 1. The van der Waals surface area contributed by atoms with Gasteiger partial charge in [-0.15, -0.1) is 0 Å². The molecule has 0 bridgehead atoms. The van der Waals surface area contributed by atoms with Gasteiger partial charge < -0.3 is 9.47 Å². The second-order valence-corrected chi connectivity index (χ2v) is 7.70. The number of pyridine rings is 1. The zero-order valence-corrected chi connectivity index (χ0v) is 17.0. The lowest BCUT2D eigenvalue weighted by Crippen LogP contribution is -2.34. The maximum Gasteiger partial charge on any atom is 0.232 e. The van der Waals surface area contributed by atoms with Crippen molar-refractivity contribution in [2.24, 2.45) is 0 Å². The predicted octanol–water partition coefficient (Wildman–Crippen LogP) is 4.92. The molecule has 3 heterocycles. The topological polar surface area (TPSA) is 51.7 Å². The first-order valence-corrected chi connectivity index (χ1v) is 10.0. The molecule has 0 radical (unpaired) electrons. The van der Waals surface area contributed by atoms with E-state index in [0.29, 0.717) is 30.3 Å². The number of ether oxygens (including phenoxy) is 2. The third kappa shape index (κ3) is 3.17. The molecule has 0 fully saturated rings. The molecule has 5 heteroatoms. The van der Waals surface area contributed by atoms with Crippen LogP contribution in [0.15, 0.2) is 66.7 Å². The minimum atomic E-state index is -0.0876. The third-order valence-electron chi connectivity index (χ3n) is 5.78. The number of aromatic nitrogens is 1. The van der Waals surface area contributed by atoms with Crippen molar-refractivity contribution in [3.8, 4) is 11.5 Å². The summed E-state index contributed by atoms with van der Waals surface area (Å²) in [6, 6.07) is 16.2. The maximum absolute atomic E-state index is 13.1. The van der Waals surface area contributed by atoms with Crippen LogP contribution in [0, 0.1) is 6.92 Å². The van der Waals surface area contributed by atoms with Gasteiger partial charge in [-0.1, -0.05) is 30.3 Å². The number of benzene rings is 2. The zero-order valence-electron chi connectivity index (χ0n) is 17.0. The first kappa shape index (κ1) is 18.6. The normalized spacial score (nSPS) is 17.8. The van der Waals surface area contributed by atoms with Crippen LogP contribution in [-0.4, -0.2) is 22.4 Å². The molecule has 1 atom stereocenters. The molecular formula is C25H22N2O3. The summed E-state index contributed by atoms with van der Waals surface area (Å²) in [4.78, 5) is 19.3. The van der Waals surface area contributed by atoms with Crippen molar-refractivity contribution in [2.45, 2.75) is 26.4 Å². The number of hydrogen-bond donors (Lipinski definition) is 0. The van der Waals surface area contributed by atoms with E-state index in [9.17, 15) is 4.79 Å². The molecule has 5 rings (SSSR count). The van der Waals surface area contributed by atoms with Crippen LogP contribution >= 0.6 is 0 Å². The third-order valence-corrected chi connectivity index (χ3v) is 5.78. The minimum Gasteiger partial charge on any atom is -0.478 e. The van der Waals surface area contributed by atoms with Gasteiger partial charge in [0.25, 0.3) is 0 Å². The molecule has 0 spiro atoms. The summed E-state index contributed by atoms with van der Waals surface area (Å²) in [5, 5.41) is 0. The second-order valence-electron chi connectivity index (χ2n) is 7.70. The molecule has 1 aromatic heterocycles. The van der Waals surface area contributed by atoms with Crippen LogP contribution in [0.2, 0.25) is 0 Å². The van der Waals surface area contributed by atoms with E-state index < -0.39 is 0 Å². The van der Waals surface area contributed by atoms with Crippen LogP contribution in [0.3, 0.4) is 0 Å². The molecule has 0 aliphatic carbocycles. The van der Waals surface area contributed by atoms with Crippen molar-refractivity contribution >= 4 is 11.9 Å². The van der Waals surface area contributed by atoms with Crippen molar-refractivity contribution in [3.63, 3.8) is 0 Å². The number of hydrogen-bond acceptors (Lipinski definition) is 5. The van der Waals surface area contributed by atoms with Gasteiger partial charge in [0.05, 0.1) is 11.1 Å². The molecule has 30 heavy (non-hydrogen) atoms. The van der Waals surface area contributed by atoms with Crippen LogP contribution in [0.1, 0.15) is 45.6 Å². The fourth-order valence-corrected chi connectivity index (χ4v) is 4.05. The number of carbonyl (C=O) groups is 1. The summed E-state index contributed by atoms with van der Waals surface area (Å²) in [5.41, 5.74) is 4.53. The number of Topliss-reactive ketones (excluding diaryl/α,β-unsaturated/α-hetero) is 1. The van der Waals surface area contributed by atoms with Crippen LogP contribution in [0.4, 0.5) is 0 Å². The van der Waals surface area contributed by atoms with Crippen molar-refractivity contribution in [1.82, 2.24) is 9.88 Å². The van der Waals surface area contributed by atoms with Gasteiger partial charge >= 0.3 is 0 Å². The summed E-state index contributed by atoms with van der Waals surface area (Å²) < 4.78 is 12.2. The number of fused-ring (bicyclic) bond motifs is 3. The summed E-state index contributed by atoms with van der Waals surface area (Å²) in [7, 11) is 0. The molecule has 150 valence electrons. The van der Waals surface area contributed by atoms with Gasteiger partial charge in [0.2, 0.25) is 5.78 Å². The van der Waals surface area contributed by atoms with Crippen molar-refractivity contribution < 1.29 is 14.3 Å². The number of nitrogens with zero attached hydrogens (tertiary/aromatic N) is 2. The van der Waals surface area contributed by atoms with Crippen LogP contribution in [0.5, 0.6) is 11.5 Å². The first-order chi connectivity index (χ1) is 14.6. The van der Waals surface area contributed by atoms with E-state index in [-0.39, 0.29) is 11.8 Å². The lowest BCUT2D eigenvalue weighted by molar-refractivity contribution is 0.0605. The highest BCUT2D eigenvalue weighted by Gasteiger charge is 2.36. The molecule has 2 aromatic carbocycles. The largest absolute Gasteiger partial charge is 0.478 e. The molecule has 5 nitrogen and oxygen atoms in total. The van der Waals surface area contributed by atoms with E-state index in [4.69, 9.17) is 9.47 Å². The smallest absolute Gasteiger partial charge is 0.232 e. The van der Waals surface area contributed by atoms with E-state index >= 15 is 0 Å². The van der Waals surface area contributed by atoms with Gasteiger partial charge in [0, 0.05) is 25.0 Å². The zero-order chi connectivity index (χ0) is 20.7. The van der Waals surface area contributed by atoms with E-state index in [1.807, 2.05) is 43.3 Å². The Balaban J connectivity index is 1.50. The SMILES string of the molecule is Cc1cc2c(c3c1C(=O)/C(=C/c1ccncc1)O3)CN(C(C)c1ccccc1)CO2. The number of allylic oxidation sites excluding steroid dienone is 1. The summed E-state index contributed by atoms with van der Waals surface area (Å²) >= 11 is 0. The fraction of sp³-hybridized carbons (Fsp3) is 0.200.